The summed E-state index contributed by atoms with van der Waals surface area (Å²) in [5, 5.41) is 2.69. The van der Waals surface area contributed by atoms with Crippen LogP contribution in [0, 0.1) is 13.8 Å². The molecule has 3 aromatic rings. The molecule has 9 heteroatoms. The van der Waals surface area contributed by atoms with Gasteiger partial charge in [0.05, 0.1) is 13.2 Å². The lowest BCUT2D eigenvalue weighted by Gasteiger charge is -2.09. The second-order valence-corrected chi connectivity index (χ2v) is 6.63. The number of hydrogen-bond acceptors (Lipinski definition) is 7. The third-order valence-corrected chi connectivity index (χ3v) is 4.33. The van der Waals surface area contributed by atoms with Gasteiger partial charge in [0.2, 0.25) is 11.6 Å². The van der Waals surface area contributed by atoms with E-state index < -0.39 is 11.5 Å². The second-order valence-electron chi connectivity index (χ2n) is 6.63. The summed E-state index contributed by atoms with van der Waals surface area (Å²) in [6.45, 7) is 5.65. The molecular weight excluding hydrogens is 390 g/mol. The third kappa shape index (κ3) is 4.68. The number of aryl methyl sites for hydroxylation is 2. The smallest absolute Gasteiger partial charge is 0.342 e. The molecule has 30 heavy (non-hydrogen) atoms. The highest BCUT2D eigenvalue weighted by Gasteiger charge is 2.24. The van der Waals surface area contributed by atoms with E-state index in [9.17, 15) is 14.4 Å². The molecule has 0 aliphatic rings. The van der Waals surface area contributed by atoms with Gasteiger partial charge in [-0.3, -0.25) is 14.2 Å². The Balaban J connectivity index is 1.66. The van der Waals surface area contributed by atoms with Crippen LogP contribution in [0.15, 0.2) is 39.8 Å². The fraction of sp³-hybridized carbons (Fsp3) is 0.333. The van der Waals surface area contributed by atoms with Crippen LogP contribution < -0.4 is 15.6 Å². The first-order chi connectivity index (χ1) is 14.4. The predicted molar refractivity (Wildman–Crippen MR) is 109 cm³/mol. The summed E-state index contributed by atoms with van der Waals surface area (Å²) in [7, 11) is 0. The van der Waals surface area contributed by atoms with Crippen LogP contribution in [-0.2, 0) is 16.1 Å². The highest BCUT2D eigenvalue weighted by Crippen LogP contribution is 2.21. The summed E-state index contributed by atoms with van der Waals surface area (Å²) in [5.41, 5.74) is 0.593. The highest BCUT2D eigenvalue weighted by molar-refractivity contribution is 6.03. The molecule has 0 aliphatic carbocycles. The van der Waals surface area contributed by atoms with Crippen LogP contribution in [0.2, 0.25) is 0 Å². The van der Waals surface area contributed by atoms with E-state index in [-0.39, 0.29) is 54.6 Å². The van der Waals surface area contributed by atoms with E-state index >= 15 is 0 Å². The number of aromatic nitrogens is 2. The van der Waals surface area contributed by atoms with Crippen LogP contribution >= 0.6 is 0 Å². The quantitative estimate of drug-likeness (QED) is 0.444. The van der Waals surface area contributed by atoms with Crippen molar-refractivity contribution < 1.29 is 23.5 Å². The van der Waals surface area contributed by atoms with Gasteiger partial charge in [0.1, 0.15) is 41.9 Å². The Kier molecular flexibility index (Phi) is 6.51. The molecule has 1 aromatic carbocycles. The summed E-state index contributed by atoms with van der Waals surface area (Å²) < 4.78 is 17.1. The van der Waals surface area contributed by atoms with Crippen molar-refractivity contribution >= 4 is 23.0 Å². The number of amides is 1. The Morgan fingerprint density at radius 1 is 1.27 bits per heavy atom. The van der Waals surface area contributed by atoms with E-state index in [2.05, 4.69) is 10.3 Å². The second kappa shape index (κ2) is 9.25. The van der Waals surface area contributed by atoms with Gasteiger partial charge in [-0.1, -0.05) is 12.1 Å². The molecule has 0 fully saturated rings. The molecule has 2 aromatic heterocycles. The number of nitrogens with zero attached hydrogens (tertiary/aromatic N) is 2. The molecule has 9 nitrogen and oxygen atoms in total. The van der Waals surface area contributed by atoms with Gasteiger partial charge in [0.25, 0.3) is 5.56 Å². The lowest BCUT2D eigenvalue weighted by molar-refractivity contribution is -0.121. The molecule has 0 radical (unpaired) electrons. The van der Waals surface area contributed by atoms with Gasteiger partial charge in [-0.15, -0.1) is 0 Å². The minimum atomic E-state index is -0.664. The average Bonchev–Trinajstić information content (AvgIpc) is 3.04. The van der Waals surface area contributed by atoms with Gasteiger partial charge in [-0.05, 0) is 38.5 Å². The van der Waals surface area contributed by atoms with Crippen molar-refractivity contribution in [3.63, 3.8) is 0 Å². The fourth-order valence-corrected chi connectivity index (χ4v) is 2.97. The summed E-state index contributed by atoms with van der Waals surface area (Å²) >= 11 is 0. The number of ether oxygens (including phenoxy) is 2. The summed E-state index contributed by atoms with van der Waals surface area (Å²) in [6, 6.07) is 7.59. The van der Waals surface area contributed by atoms with E-state index in [1.54, 1.807) is 13.8 Å². The minimum absolute atomic E-state index is 0.00373. The molecule has 0 aliphatic heterocycles. The first kappa shape index (κ1) is 21.1. The van der Waals surface area contributed by atoms with Crippen LogP contribution in [0.1, 0.15) is 28.6 Å². The Bertz CT molecular complexity index is 1130. The maximum Gasteiger partial charge on any atom is 0.342 e. The molecule has 0 saturated carbocycles. The molecule has 158 valence electrons. The summed E-state index contributed by atoms with van der Waals surface area (Å²) in [5.74, 6) is -0.0902. The number of furan rings is 1. The van der Waals surface area contributed by atoms with Crippen molar-refractivity contribution in [2.24, 2.45) is 0 Å². The first-order valence-electron chi connectivity index (χ1n) is 9.52. The molecule has 1 amide bonds. The number of carbonyl (C=O) groups excluding carboxylic acids is 2. The van der Waals surface area contributed by atoms with Gasteiger partial charge in [-0.25, -0.2) is 9.78 Å². The average molecular weight is 413 g/mol. The van der Waals surface area contributed by atoms with Crippen LogP contribution in [0.5, 0.6) is 5.75 Å². The number of carbonyl (C=O) groups is 2. The zero-order valence-corrected chi connectivity index (χ0v) is 17.1. The molecule has 1 N–H and O–H groups in total. The largest absolute Gasteiger partial charge is 0.492 e. The van der Waals surface area contributed by atoms with Crippen LogP contribution in [0.25, 0.3) is 11.1 Å². The maximum atomic E-state index is 12.8. The Hall–Kier alpha value is -3.62. The molecule has 2 heterocycles. The Labute approximate surface area is 172 Å². The molecule has 0 atom stereocenters. The summed E-state index contributed by atoms with van der Waals surface area (Å²) in [4.78, 5) is 41.3. The van der Waals surface area contributed by atoms with Crippen LogP contribution in [0.4, 0.5) is 0 Å². The van der Waals surface area contributed by atoms with Gasteiger partial charge < -0.3 is 19.2 Å². The van der Waals surface area contributed by atoms with Gasteiger partial charge in [0.15, 0.2) is 0 Å². The van der Waals surface area contributed by atoms with Gasteiger partial charge in [-0.2, -0.15) is 0 Å². The monoisotopic (exact) mass is 413 g/mol. The highest BCUT2D eigenvalue weighted by atomic mass is 16.5. The van der Waals surface area contributed by atoms with Gasteiger partial charge >= 0.3 is 5.97 Å². The zero-order chi connectivity index (χ0) is 21.7. The topological polar surface area (TPSA) is 113 Å². The van der Waals surface area contributed by atoms with Crippen molar-refractivity contribution in [2.45, 2.75) is 27.3 Å². The van der Waals surface area contributed by atoms with E-state index in [1.807, 2.05) is 31.2 Å². The SMILES string of the molecule is CCOC(=O)c1c(C)oc2ncn(CC(=O)NCCOc3cccc(C)c3)c(=O)c12. The van der Waals surface area contributed by atoms with Crippen molar-refractivity contribution in [1.29, 1.82) is 0 Å². The minimum Gasteiger partial charge on any atom is -0.492 e. The lowest BCUT2D eigenvalue weighted by atomic mass is 10.2. The van der Waals surface area contributed by atoms with E-state index in [0.29, 0.717) is 0 Å². The third-order valence-electron chi connectivity index (χ3n) is 4.33. The number of fused-ring (bicyclic) bond motifs is 1. The van der Waals surface area contributed by atoms with Crippen LogP contribution in [-0.4, -0.2) is 41.2 Å². The number of hydrogen-bond donors (Lipinski definition) is 1. The van der Waals surface area contributed by atoms with Gasteiger partial charge in [0, 0.05) is 0 Å². The van der Waals surface area contributed by atoms with Crippen LogP contribution in [0.3, 0.4) is 0 Å². The summed E-state index contributed by atoms with van der Waals surface area (Å²) in [6.07, 6.45) is 1.21. The van der Waals surface area contributed by atoms with E-state index in [4.69, 9.17) is 13.9 Å². The van der Waals surface area contributed by atoms with E-state index in [1.165, 1.54) is 6.33 Å². The maximum absolute atomic E-state index is 12.8. The number of nitrogens with one attached hydrogen (secondary N) is 1. The lowest BCUT2D eigenvalue weighted by Crippen LogP contribution is -2.34. The van der Waals surface area contributed by atoms with Crippen molar-refractivity contribution in [1.82, 2.24) is 14.9 Å². The van der Waals surface area contributed by atoms with Crippen molar-refractivity contribution in [2.75, 3.05) is 19.8 Å². The van der Waals surface area contributed by atoms with E-state index in [0.717, 1.165) is 15.9 Å². The molecule has 0 spiro atoms. The fourth-order valence-electron chi connectivity index (χ4n) is 2.97. The first-order valence-corrected chi connectivity index (χ1v) is 9.52. The molecule has 0 bridgehead atoms. The van der Waals surface area contributed by atoms with Crippen molar-refractivity contribution in [3.05, 3.63) is 57.8 Å². The number of benzene rings is 1. The number of esters is 1. The Morgan fingerprint density at radius 2 is 2.07 bits per heavy atom. The molecule has 0 unspecified atom stereocenters. The molecule has 3 rings (SSSR count). The number of rotatable bonds is 8. The Morgan fingerprint density at radius 3 is 2.80 bits per heavy atom. The standard InChI is InChI=1S/C21H23N3O6/c1-4-28-21(27)17-14(3)30-19-18(17)20(26)24(12-23-19)11-16(25)22-8-9-29-15-7-5-6-13(2)10-15/h5-7,10,12H,4,8-9,11H2,1-3H3,(H,22,25). The van der Waals surface area contributed by atoms with Crippen molar-refractivity contribution in [3.8, 4) is 5.75 Å². The predicted octanol–water partition coefficient (Wildman–Crippen LogP) is 1.98. The normalized spacial score (nSPS) is 10.8. The molecule has 0 saturated heterocycles. The molecular formula is C21H23N3O6. The zero-order valence-electron chi connectivity index (χ0n) is 17.1.